The maximum Gasteiger partial charge on any atom is 0.252 e. The summed E-state index contributed by atoms with van der Waals surface area (Å²) < 4.78 is 13.2. The summed E-state index contributed by atoms with van der Waals surface area (Å²) in [7, 11) is 0. The normalized spacial score (nSPS) is 17.8. The van der Waals surface area contributed by atoms with E-state index in [1.807, 2.05) is 41.3 Å². The van der Waals surface area contributed by atoms with Gasteiger partial charge in [-0.15, -0.1) is 0 Å². The largest absolute Gasteiger partial charge is 0.454 e. The predicted octanol–water partition coefficient (Wildman–Crippen LogP) is 3.18. The number of aromatic nitrogens is 2. The van der Waals surface area contributed by atoms with Crippen LogP contribution in [0.1, 0.15) is 58.1 Å². The zero-order valence-corrected chi connectivity index (χ0v) is 19.8. The van der Waals surface area contributed by atoms with Crippen molar-refractivity contribution in [1.82, 2.24) is 19.8 Å². The van der Waals surface area contributed by atoms with Crippen molar-refractivity contribution >= 4 is 11.8 Å². The van der Waals surface area contributed by atoms with E-state index in [0.29, 0.717) is 18.7 Å². The minimum absolute atomic E-state index is 0.0587. The smallest absolute Gasteiger partial charge is 0.252 e. The number of ether oxygens (including phenoxy) is 2. The van der Waals surface area contributed by atoms with Crippen LogP contribution >= 0.6 is 0 Å². The van der Waals surface area contributed by atoms with Gasteiger partial charge in [0.05, 0.1) is 30.4 Å². The van der Waals surface area contributed by atoms with E-state index < -0.39 is 0 Å². The fraction of sp³-hybridized carbons (Fsp3) is 0.370. The maximum absolute atomic E-state index is 13.2. The van der Waals surface area contributed by atoms with Gasteiger partial charge in [0.15, 0.2) is 11.5 Å². The number of aryl methyl sites for hydroxylation is 3. The van der Waals surface area contributed by atoms with Crippen LogP contribution in [0.15, 0.2) is 42.5 Å². The van der Waals surface area contributed by atoms with E-state index in [2.05, 4.69) is 22.9 Å². The summed E-state index contributed by atoms with van der Waals surface area (Å²) in [5.74, 6) is 2.63. The minimum Gasteiger partial charge on any atom is -0.454 e. The first-order chi connectivity index (χ1) is 17.1. The molecule has 0 saturated carbocycles. The molecule has 0 fully saturated rings. The molecule has 1 aromatic heterocycles. The summed E-state index contributed by atoms with van der Waals surface area (Å²) in [5.41, 5.74) is 4.96. The van der Waals surface area contributed by atoms with E-state index in [9.17, 15) is 9.59 Å². The standard InChI is InChI=1S/C27H28N4O4/c1-2-20-22-15-30(26(32)14-21-18-5-3-4-6-19(18)27(33)29-21)11-12-31(22)25(28-20)10-8-17-7-9-23-24(13-17)35-16-34-23/h3-7,9,13,21H,2,8,10-12,14-16H2,1H3,(H,29,33). The van der Waals surface area contributed by atoms with Crippen molar-refractivity contribution in [2.75, 3.05) is 13.3 Å². The van der Waals surface area contributed by atoms with E-state index in [0.717, 1.165) is 60.1 Å². The van der Waals surface area contributed by atoms with Crippen molar-refractivity contribution in [2.24, 2.45) is 0 Å². The third kappa shape index (κ3) is 3.92. The number of imidazole rings is 1. The fourth-order valence-corrected chi connectivity index (χ4v) is 5.34. The van der Waals surface area contributed by atoms with Gasteiger partial charge >= 0.3 is 0 Å². The monoisotopic (exact) mass is 472 g/mol. The number of nitrogens with one attached hydrogen (secondary N) is 1. The number of nitrogens with zero attached hydrogens (tertiary/aromatic N) is 3. The summed E-state index contributed by atoms with van der Waals surface area (Å²) in [6, 6.07) is 13.3. The highest BCUT2D eigenvalue weighted by Gasteiger charge is 2.32. The average Bonchev–Trinajstić information content (AvgIpc) is 3.58. The molecule has 35 heavy (non-hydrogen) atoms. The maximum atomic E-state index is 13.2. The van der Waals surface area contributed by atoms with E-state index in [1.165, 1.54) is 5.56 Å². The Morgan fingerprint density at radius 3 is 2.86 bits per heavy atom. The summed E-state index contributed by atoms with van der Waals surface area (Å²) in [6.07, 6.45) is 2.79. The van der Waals surface area contributed by atoms with Crippen molar-refractivity contribution in [3.63, 3.8) is 0 Å². The van der Waals surface area contributed by atoms with E-state index in [1.54, 1.807) is 0 Å². The van der Waals surface area contributed by atoms with Gasteiger partial charge < -0.3 is 24.3 Å². The molecule has 8 nitrogen and oxygen atoms in total. The Bertz CT molecular complexity index is 1310. The van der Waals surface area contributed by atoms with Crippen LogP contribution in [0.2, 0.25) is 0 Å². The quantitative estimate of drug-likeness (QED) is 0.596. The van der Waals surface area contributed by atoms with Gasteiger partial charge in [0.2, 0.25) is 12.7 Å². The summed E-state index contributed by atoms with van der Waals surface area (Å²) in [4.78, 5) is 32.3. The highest BCUT2D eigenvalue weighted by Crippen LogP contribution is 2.33. The molecule has 1 atom stereocenters. The van der Waals surface area contributed by atoms with Crippen LogP contribution in [0.3, 0.4) is 0 Å². The van der Waals surface area contributed by atoms with Gasteiger partial charge in [-0.25, -0.2) is 4.98 Å². The van der Waals surface area contributed by atoms with Gasteiger partial charge in [-0.2, -0.15) is 0 Å². The fourth-order valence-electron chi connectivity index (χ4n) is 5.34. The van der Waals surface area contributed by atoms with Gasteiger partial charge in [-0.1, -0.05) is 31.2 Å². The Morgan fingerprint density at radius 1 is 1.11 bits per heavy atom. The number of benzene rings is 2. The van der Waals surface area contributed by atoms with Gasteiger partial charge in [0.1, 0.15) is 5.82 Å². The molecular formula is C27H28N4O4. The highest BCUT2D eigenvalue weighted by molar-refractivity contribution is 5.99. The number of carbonyl (C=O) groups excluding carboxylic acids is 2. The molecule has 3 aromatic rings. The molecule has 4 heterocycles. The molecule has 2 amide bonds. The molecule has 0 aliphatic carbocycles. The van der Waals surface area contributed by atoms with Crippen molar-refractivity contribution < 1.29 is 19.1 Å². The molecule has 1 N–H and O–H groups in total. The Kier molecular flexibility index (Phi) is 5.43. The van der Waals surface area contributed by atoms with Crippen molar-refractivity contribution in [2.45, 2.75) is 51.7 Å². The molecular weight excluding hydrogens is 444 g/mol. The number of hydrogen-bond acceptors (Lipinski definition) is 5. The second-order valence-electron chi connectivity index (χ2n) is 9.25. The predicted molar refractivity (Wildman–Crippen MR) is 128 cm³/mol. The number of hydrogen-bond donors (Lipinski definition) is 1. The topological polar surface area (TPSA) is 85.7 Å². The molecule has 0 saturated heterocycles. The average molecular weight is 473 g/mol. The number of fused-ring (bicyclic) bond motifs is 3. The lowest BCUT2D eigenvalue weighted by atomic mass is 10.0. The summed E-state index contributed by atoms with van der Waals surface area (Å²) in [6.45, 7) is 4.32. The Balaban J connectivity index is 1.14. The van der Waals surface area contributed by atoms with E-state index >= 15 is 0 Å². The third-order valence-electron chi connectivity index (χ3n) is 7.20. The highest BCUT2D eigenvalue weighted by atomic mass is 16.7. The second kappa shape index (κ2) is 8.76. The molecule has 8 heteroatoms. The summed E-state index contributed by atoms with van der Waals surface area (Å²) in [5, 5.41) is 2.96. The Hall–Kier alpha value is -3.81. The van der Waals surface area contributed by atoms with Gasteiger partial charge in [0.25, 0.3) is 5.91 Å². The number of carbonyl (C=O) groups is 2. The lowest BCUT2D eigenvalue weighted by molar-refractivity contribution is -0.133. The van der Waals surface area contributed by atoms with Crippen LogP contribution in [0.4, 0.5) is 0 Å². The van der Waals surface area contributed by atoms with Gasteiger partial charge in [0, 0.05) is 25.1 Å². The van der Waals surface area contributed by atoms with E-state index in [-0.39, 0.29) is 31.1 Å². The molecule has 1 unspecified atom stereocenters. The van der Waals surface area contributed by atoms with Gasteiger partial charge in [-0.05, 0) is 42.2 Å². The van der Waals surface area contributed by atoms with Crippen molar-refractivity contribution in [3.8, 4) is 11.5 Å². The van der Waals surface area contributed by atoms with Crippen LogP contribution in [0, 0.1) is 0 Å². The number of rotatable bonds is 6. The first-order valence-electron chi connectivity index (χ1n) is 12.2. The molecule has 6 rings (SSSR count). The van der Waals surface area contributed by atoms with Crippen LogP contribution < -0.4 is 14.8 Å². The molecule has 0 spiro atoms. The van der Waals surface area contributed by atoms with Crippen molar-refractivity contribution in [3.05, 3.63) is 76.4 Å². The van der Waals surface area contributed by atoms with Gasteiger partial charge in [-0.3, -0.25) is 9.59 Å². The van der Waals surface area contributed by atoms with Crippen LogP contribution in [0.25, 0.3) is 0 Å². The lowest BCUT2D eigenvalue weighted by Gasteiger charge is -2.30. The minimum atomic E-state index is -0.263. The zero-order valence-electron chi connectivity index (χ0n) is 19.8. The molecule has 3 aliphatic heterocycles. The summed E-state index contributed by atoms with van der Waals surface area (Å²) >= 11 is 0. The Morgan fingerprint density at radius 2 is 1.97 bits per heavy atom. The van der Waals surface area contributed by atoms with E-state index in [4.69, 9.17) is 14.5 Å². The molecule has 0 radical (unpaired) electrons. The van der Waals surface area contributed by atoms with Crippen LogP contribution in [-0.2, 0) is 37.1 Å². The lowest BCUT2D eigenvalue weighted by Crippen LogP contribution is -2.40. The van der Waals surface area contributed by atoms with Crippen LogP contribution in [0.5, 0.6) is 11.5 Å². The molecule has 180 valence electrons. The first kappa shape index (κ1) is 21.7. The molecule has 2 aromatic carbocycles. The van der Waals surface area contributed by atoms with Crippen molar-refractivity contribution in [1.29, 1.82) is 0 Å². The molecule has 0 bridgehead atoms. The second-order valence-corrected chi connectivity index (χ2v) is 9.25. The first-order valence-corrected chi connectivity index (χ1v) is 12.2. The Labute approximate surface area is 203 Å². The SMILES string of the molecule is CCc1nc(CCc2ccc3c(c2)OCO3)n2c1CN(C(=O)CC1NC(=O)c3ccccc31)CC2. The number of amides is 2. The zero-order chi connectivity index (χ0) is 23.9. The molecule has 3 aliphatic rings. The van der Waals surface area contributed by atoms with Crippen LogP contribution in [-0.4, -0.2) is 39.6 Å². The third-order valence-corrected chi connectivity index (χ3v) is 7.20.